The molecule has 0 saturated heterocycles. The van der Waals surface area contributed by atoms with E-state index >= 15 is 0 Å². The summed E-state index contributed by atoms with van der Waals surface area (Å²) in [6.45, 7) is 3.99. The lowest BCUT2D eigenvalue weighted by molar-refractivity contribution is -0.384. The van der Waals surface area contributed by atoms with Crippen molar-refractivity contribution in [1.82, 2.24) is 20.2 Å². The zero-order valence-corrected chi connectivity index (χ0v) is 16.4. The molecule has 2 aromatic carbocycles. The Morgan fingerprint density at radius 1 is 1.21 bits per heavy atom. The van der Waals surface area contributed by atoms with Crippen LogP contribution in [-0.2, 0) is 4.79 Å². The molecule has 0 saturated carbocycles. The highest BCUT2D eigenvalue weighted by atomic mass is 32.2. The van der Waals surface area contributed by atoms with E-state index in [0.29, 0.717) is 10.8 Å². The average Bonchev–Trinajstić information content (AvgIpc) is 3.13. The molecule has 1 aromatic heterocycles. The number of amides is 1. The highest BCUT2D eigenvalue weighted by Crippen LogP contribution is 2.23. The number of nitro groups is 1. The van der Waals surface area contributed by atoms with Crippen LogP contribution in [0.1, 0.15) is 11.1 Å². The van der Waals surface area contributed by atoms with Gasteiger partial charge in [-0.25, -0.2) is 0 Å². The molecule has 0 aliphatic rings. The Morgan fingerprint density at radius 3 is 2.57 bits per heavy atom. The monoisotopic (exact) mass is 398 g/mol. The Kier molecular flexibility index (Phi) is 5.69. The van der Waals surface area contributed by atoms with E-state index in [-0.39, 0.29) is 17.3 Å². The fourth-order valence-corrected chi connectivity index (χ4v) is 3.43. The van der Waals surface area contributed by atoms with E-state index in [1.807, 2.05) is 32.0 Å². The molecule has 0 unspecified atom stereocenters. The number of aromatic nitrogens is 4. The van der Waals surface area contributed by atoms with Crippen LogP contribution in [-0.4, -0.2) is 43.8 Å². The Balaban J connectivity index is 1.70. The van der Waals surface area contributed by atoms with Gasteiger partial charge in [0.05, 0.1) is 16.4 Å². The third-order valence-electron chi connectivity index (χ3n) is 4.17. The number of thioether (sulfide) groups is 1. The number of benzene rings is 2. The molecule has 0 radical (unpaired) electrons. The quantitative estimate of drug-likeness (QED) is 0.357. The van der Waals surface area contributed by atoms with Crippen molar-refractivity contribution in [2.24, 2.45) is 0 Å². The van der Waals surface area contributed by atoms with Gasteiger partial charge in [0.2, 0.25) is 11.1 Å². The molecule has 3 aromatic rings. The number of anilines is 1. The number of nitrogens with zero attached hydrogens (tertiary/aromatic N) is 6. The lowest BCUT2D eigenvalue weighted by Gasteiger charge is -2.16. The van der Waals surface area contributed by atoms with Crippen molar-refractivity contribution >= 4 is 29.0 Å². The van der Waals surface area contributed by atoms with E-state index in [2.05, 4.69) is 15.5 Å². The molecule has 28 heavy (non-hydrogen) atoms. The minimum absolute atomic E-state index is 0.0217. The molecule has 0 spiro atoms. The van der Waals surface area contributed by atoms with Crippen molar-refractivity contribution in [2.45, 2.75) is 19.0 Å². The fourth-order valence-electron chi connectivity index (χ4n) is 2.63. The number of hydrogen-bond donors (Lipinski definition) is 0. The van der Waals surface area contributed by atoms with Gasteiger partial charge in [0.25, 0.3) is 5.69 Å². The SMILES string of the molecule is Cc1ccc(-n2nnnc2SCC(=O)N(C)c2ccc([N+](=O)[O-])cc2)c(C)c1. The summed E-state index contributed by atoms with van der Waals surface area (Å²) in [7, 11) is 1.62. The van der Waals surface area contributed by atoms with Crippen LogP contribution in [0, 0.1) is 24.0 Å². The highest BCUT2D eigenvalue weighted by Gasteiger charge is 2.17. The molecule has 0 N–H and O–H groups in total. The van der Waals surface area contributed by atoms with Gasteiger partial charge in [-0.1, -0.05) is 29.5 Å². The maximum atomic E-state index is 12.5. The highest BCUT2D eigenvalue weighted by molar-refractivity contribution is 7.99. The fraction of sp³-hybridized carbons (Fsp3) is 0.222. The smallest absolute Gasteiger partial charge is 0.269 e. The van der Waals surface area contributed by atoms with E-state index in [4.69, 9.17) is 0 Å². The summed E-state index contributed by atoms with van der Waals surface area (Å²) in [5.74, 6) is -0.0484. The van der Waals surface area contributed by atoms with Crippen molar-refractivity contribution in [3.63, 3.8) is 0 Å². The zero-order chi connectivity index (χ0) is 20.3. The third kappa shape index (κ3) is 4.17. The average molecular weight is 398 g/mol. The van der Waals surface area contributed by atoms with Gasteiger partial charge in [-0.05, 0) is 48.0 Å². The predicted molar refractivity (Wildman–Crippen MR) is 106 cm³/mol. The summed E-state index contributed by atoms with van der Waals surface area (Å²) in [5.41, 5.74) is 3.58. The van der Waals surface area contributed by atoms with Gasteiger partial charge in [-0.3, -0.25) is 14.9 Å². The van der Waals surface area contributed by atoms with E-state index in [9.17, 15) is 14.9 Å². The van der Waals surface area contributed by atoms with Crippen molar-refractivity contribution in [2.75, 3.05) is 17.7 Å². The summed E-state index contributed by atoms with van der Waals surface area (Å²) in [6, 6.07) is 11.8. The Bertz CT molecular complexity index is 1020. The third-order valence-corrected chi connectivity index (χ3v) is 5.07. The summed E-state index contributed by atoms with van der Waals surface area (Å²) < 4.78 is 1.61. The van der Waals surface area contributed by atoms with Gasteiger partial charge >= 0.3 is 0 Å². The number of carbonyl (C=O) groups is 1. The first kappa shape index (κ1) is 19.5. The van der Waals surface area contributed by atoms with Gasteiger partial charge in [-0.15, -0.1) is 5.10 Å². The van der Waals surface area contributed by atoms with Crippen LogP contribution in [0.3, 0.4) is 0 Å². The van der Waals surface area contributed by atoms with Gasteiger partial charge in [-0.2, -0.15) is 4.68 Å². The Hall–Kier alpha value is -3.27. The minimum atomic E-state index is -0.478. The molecule has 9 nitrogen and oxygen atoms in total. The van der Waals surface area contributed by atoms with Crippen molar-refractivity contribution in [3.8, 4) is 5.69 Å². The van der Waals surface area contributed by atoms with E-state index in [1.54, 1.807) is 23.9 Å². The van der Waals surface area contributed by atoms with Crippen LogP contribution in [0.15, 0.2) is 47.6 Å². The van der Waals surface area contributed by atoms with Crippen LogP contribution >= 0.6 is 11.8 Å². The predicted octanol–water partition coefficient (Wildman–Crippen LogP) is 2.94. The summed E-state index contributed by atoms with van der Waals surface area (Å²) in [4.78, 5) is 24.2. The van der Waals surface area contributed by atoms with Crippen LogP contribution in [0.4, 0.5) is 11.4 Å². The summed E-state index contributed by atoms with van der Waals surface area (Å²) in [5, 5.41) is 23.0. The standard InChI is InChI=1S/C18H18N6O3S/c1-12-4-9-16(13(2)10-12)23-18(19-20-21-23)28-11-17(25)22(3)14-5-7-15(8-6-14)24(26)27/h4-10H,11H2,1-3H3. The van der Waals surface area contributed by atoms with Crippen LogP contribution in [0.25, 0.3) is 5.69 Å². The lowest BCUT2D eigenvalue weighted by Crippen LogP contribution is -2.28. The first-order chi connectivity index (χ1) is 13.4. The second-order valence-electron chi connectivity index (χ2n) is 6.18. The molecule has 144 valence electrons. The number of nitro benzene ring substituents is 1. The Morgan fingerprint density at radius 2 is 1.93 bits per heavy atom. The lowest BCUT2D eigenvalue weighted by atomic mass is 10.1. The Labute approximate surface area is 165 Å². The number of rotatable bonds is 6. The second kappa shape index (κ2) is 8.17. The van der Waals surface area contributed by atoms with Crippen molar-refractivity contribution in [1.29, 1.82) is 0 Å². The van der Waals surface area contributed by atoms with Crippen LogP contribution in [0.2, 0.25) is 0 Å². The van der Waals surface area contributed by atoms with Crippen LogP contribution in [0.5, 0.6) is 0 Å². The van der Waals surface area contributed by atoms with Gasteiger partial charge in [0, 0.05) is 24.9 Å². The largest absolute Gasteiger partial charge is 0.315 e. The molecule has 10 heteroatoms. The second-order valence-corrected chi connectivity index (χ2v) is 7.12. The first-order valence-corrected chi connectivity index (χ1v) is 9.35. The molecule has 3 rings (SSSR count). The van der Waals surface area contributed by atoms with E-state index in [1.165, 1.54) is 28.8 Å². The maximum absolute atomic E-state index is 12.5. The molecule has 1 amide bonds. The molecular weight excluding hydrogens is 380 g/mol. The molecule has 1 heterocycles. The van der Waals surface area contributed by atoms with E-state index in [0.717, 1.165) is 16.8 Å². The number of aryl methyl sites for hydroxylation is 2. The van der Waals surface area contributed by atoms with E-state index < -0.39 is 4.92 Å². The molecule has 0 bridgehead atoms. The van der Waals surface area contributed by atoms with Gasteiger partial charge in [0.15, 0.2) is 0 Å². The van der Waals surface area contributed by atoms with Crippen molar-refractivity contribution in [3.05, 3.63) is 63.7 Å². The molecule has 0 aliphatic heterocycles. The number of hydrogen-bond acceptors (Lipinski definition) is 7. The topological polar surface area (TPSA) is 107 Å². The molecule has 0 fully saturated rings. The molecular formula is C18H18N6O3S. The number of tetrazole rings is 1. The molecule has 0 atom stereocenters. The zero-order valence-electron chi connectivity index (χ0n) is 15.6. The molecule has 0 aliphatic carbocycles. The first-order valence-electron chi connectivity index (χ1n) is 8.36. The number of non-ortho nitro benzene ring substituents is 1. The maximum Gasteiger partial charge on any atom is 0.269 e. The van der Waals surface area contributed by atoms with Gasteiger partial charge < -0.3 is 4.90 Å². The van der Waals surface area contributed by atoms with Gasteiger partial charge in [0.1, 0.15) is 0 Å². The summed E-state index contributed by atoms with van der Waals surface area (Å²) in [6.07, 6.45) is 0. The van der Waals surface area contributed by atoms with Crippen molar-refractivity contribution < 1.29 is 9.72 Å². The normalized spacial score (nSPS) is 10.7. The summed E-state index contributed by atoms with van der Waals surface area (Å²) >= 11 is 1.23. The minimum Gasteiger partial charge on any atom is -0.315 e. The van der Waals surface area contributed by atoms with Crippen LogP contribution < -0.4 is 4.90 Å². The number of carbonyl (C=O) groups excluding carboxylic acids is 1.